The summed E-state index contributed by atoms with van der Waals surface area (Å²) in [6.07, 6.45) is 0. The number of rotatable bonds is 4. The Kier molecular flexibility index (Phi) is 4.35. The first-order valence-corrected chi connectivity index (χ1v) is 6.24. The van der Waals surface area contributed by atoms with E-state index in [4.69, 9.17) is 4.74 Å². The van der Waals surface area contributed by atoms with Gasteiger partial charge in [0.2, 0.25) is 0 Å². The Balaban J connectivity index is 2.11. The molecule has 2 rings (SSSR count). The highest BCUT2D eigenvalue weighted by Crippen LogP contribution is 2.15. The summed E-state index contributed by atoms with van der Waals surface area (Å²) in [5.74, 6) is 0.118. The zero-order valence-corrected chi connectivity index (χ0v) is 11.5. The van der Waals surface area contributed by atoms with Crippen molar-refractivity contribution < 1.29 is 13.9 Å². The molecular formula is C16H16FNO2. The van der Waals surface area contributed by atoms with Gasteiger partial charge in [-0.1, -0.05) is 18.2 Å². The summed E-state index contributed by atoms with van der Waals surface area (Å²) in [6.45, 7) is 0.437. The van der Waals surface area contributed by atoms with Gasteiger partial charge in [0.25, 0.3) is 5.91 Å². The molecule has 2 aromatic carbocycles. The molecule has 0 aliphatic heterocycles. The van der Waals surface area contributed by atoms with Gasteiger partial charge in [0.1, 0.15) is 11.6 Å². The molecule has 20 heavy (non-hydrogen) atoms. The minimum atomic E-state index is -0.411. The Morgan fingerprint density at radius 2 is 1.95 bits per heavy atom. The van der Waals surface area contributed by atoms with Crippen molar-refractivity contribution in [3.8, 4) is 5.75 Å². The van der Waals surface area contributed by atoms with E-state index in [-0.39, 0.29) is 5.91 Å². The van der Waals surface area contributed by atoms with Crippen LogP contribution in [0.1, 0.15) is 15.9 Å². The van der Waals surface area contributed by atoms with Crippen molar-refractivity contribution in [1.82, 2.24) is 4.90 Å². The van der Waals surface area contributed by atoms with Crippen LogP contribution in [0, 0.1) is 5.82 Å². The maximum atomic E-state index is 13.1. The number of carbonyl (C=O) groups is 1. The first kappa shape index (κ1) is 14.1. The van der Waals surface area contributed by atoms with Crippen LogP contribution in [-0.2, 0) is 6.54 Å². The summed E-state index contributed by atoms with van der Waals surface area (Å²) >= 11 is 0. The summed E-state index contributed by atoms with van der Waals surface area (Å²) in [4.78, 5) is 13.7. The zero-order valence-electron chi connectivity index (χ0n) is 11.5. The SMILES string of the molecule is COc1cccc(CN(C)C(=O)c2cccc(F)c2)c1. The van der Waals surface area contributed by atoms with Crippen LogP contribution in [0.15, 0.2) is 48.5 Å². The van der Waals surface area contributed by atoms with E-state index in [0.717, 1.165) is 11.3 Å². The largest absolute Gasteiger partial charge is 0.497 e. The van der Waals surface area contributed by atoms with Crippen LogP contribution >= 0.6 is 0 Å². The number of nitrogens with zero attached hydrogens (tertiary/aromatic N) is 1. The third-order valence-corrected chi connectivity index (χ3v) is 2.97. The number of carbonyl (C=O) groups excluding carboxylic acids is 1. The molecule has 2 aromatic rings. The second-order valence-electron chi connectivity index (χ2n) is 4.52. The summed E-state index contributed by atoms with van der Waals surface area (Å²) in [5, 5.41) is 0. The fraction of sp³-hybridized carbons (Fsp3) is 0.188. The number of hydrogen-bond acceptors (Lipinski definition) is 2. The van der Waals surface area contributed by atoms with Crippen LogP contribution in [0.25, 0.3) is 0 Å². The summed E-state index contributed by atoms with van der Waals surface area (Å²) in [7, 11) is 3.29. The quantitative estimate of drug-likeness (QED) is 0.856. The molecule has 1 amide bonds. The molecule has 0 unspecified atom stereocenters. The van der Waals surface area contributed by atoms with Crippen LogP contribution < -0.4 is 4.74 Å². The molecule has 0 aliphatic rings. The summed E-state index contributed by atoms with van der Waals surface area (Å²) < 4.78 is 18.3. The average Bonchev–Trinajstić information content (AvgIpc) is 2.46. The van der Waals surface area contributed by atoms with Crippen molar-refractivity contribution in [2.75, 3.05) is 14.2 Å². The molecule has 0 radical (unpaired) electrons. The zero-order chi connectivity index (χ0) is 14.5. The van der Waals surface area contributed by atoms with Crippen molar-refractivity contribution in [3.63, 3.8) is 0 Å². The lowest BCUT2D eigenvalue weighted by molar-refractivity contribution is 0.0784. The smallest absolute Gasteiger partial charge is 0.253 e. The van der Waals surface area contributed by atoms with E-state index in [1.54, 1.807) is 25.1 Å². The topological polar surface area (TPSA) is 29.5 Å². The molecule has 3 nitrogen and oxygen atoms in total. The van der Waals surface area contributed by atoms with Gasteiger partial charge in [0, 0.05) is 19.2 Å². The Bertz CT molecular complexity index is 613. The molecule has 0 bridgehead atoms. The van der Waals surface area contributed by atoms with E-state index in [9.17, 15) is 9.18 Å². The highest BCUT2D eigenvalue weighted by molar-refractivity contribution is 5.94. The third kappa shape index (κ3) is 3.35. The number of amides is 1. The van der Waals surface area contributed by atoms with Crippen LogP contribution in [0.2, 0.25) is 0 Å². The molecule has 4 heteroatoms. The van der Waals surface area contributed by atoms with Gasteiger partial charge in [-0.3, -0.25) is 4.79 Å². The Morgan fingerprint density at radius 3 is 2.65 bits per heavy atom. The molecule has 0 N–H and O–H groups in total. The van der Waals surface area contributed by atoms with E-state index in [1.807, 2.05) is 24.3 Å². The highest BCUT2D eigenvalue weighted by atomic mass is 19.1. The van der Waals surface area contributed by atoms with E-state index in [1.165, 1.54) is 18.2 Å². The standard InChI is InChI=1S/C16H16FNO2/c1-18(11-12-5-3-8-15(9-12)20-2)16(19)13-6-4-7-14(17)10-13/h3-10H,11H2,1-2H3. The molecular weight excluding hydrogens is 257 g/mol. The number of benzene rings is 2. The monoisotopic (exact) mass is 273 g/mol. The van der Waals surface area contributed by atoms with E-state index in [2.05, 4.69) is 0 Å². The van der Waals surface area contributed by atoms with Crippen LogP contribution in [0.3, 0.4) is 0 Å². The summed E-state index contributed by atoms with van der Waals surface area (Å²) in [6, 6.07) is 13.2. The Hall–Kier alpha value is -2.36. The average molecular weight is 273 g/mol. The first-order valence-electron chi connectivity index (χ1n) is 6.24. The van der Waals surface area contributed by atoms with Gasteiger partial charge in [0.05, 0.1) is 7.11 Å². The van der Waals surface area contributed by atoms with Crippen molar-refractivity contribution in [2.24, 2.45) is 0 Å². The second kappa shape index (κ2) is 6.19. The predicted molar refractivity (Wildman–Crippen MR) is 75.2 cm³/mol. The molecule has 0 aliphatic carbocycles. The van der Waals surface area contributed by atoms with Gasteiger partial charge in [-0.25, -0.2) is 4.39 Å². The lowest BCUT2D eigenvalue weighted by Gasteiger charge is -2.17. The minimum Gasteiger partial charge on any atom is -0.497 e. The maximum absolute atomic E-state index is 13.1. The maximum Gasteiger partial charge on any atom is 0.253 e. The van der Waals surface area contributed by atoms with Crippen molar-refractivity contribution in [2.45, 2.75) is 6.54 Å². The first-order chi connectivity index (χ1) is 9.60. The normalized spacial score (nSPS) is 10.2. The van der Waals surface area contributed by atoms with Gasteiger partial charge in [-0.05, 0) is 35.9 Å². The van der Waals surface area contributed by atoms with Crippen molar-refractivity contribution >= 4 is 5.91 Å². The summed E-state index contributed by atoms with van der Waals surface area (Å²) in [5.41, 5.74) is 1.30. The minimum absolute atomic E-state index is 0.215. The highest BCUT2D eigenvalue weighted by Gasteiger charge is 2.12. The fourth-order valence-corrected chi connectivity index (χ4v) is 1.96. The van der Waals surface area contributed by atoms with Gasteiger partial charge in [-0.2, -0.15) is 0 Å². The van der Waals surface area contributed by atoms with E-state index < -0.39 is 5.82 Å². The molecule has 0 atom stereocenters. The lowest BCUT2D eigenvalue weighted by Crippen LogP contribution is -2.26. The van der Waals surface area contributed by atoms with Crippen molar-refractivity contribution in [3.05, 3.63) is 65.5 Å². The number of hydrogen-bond donors (Lipinski definition) is 0. The Morgan fingerprint density at radius 1 is 1.20 bits per heavy atom. The van der Waals surface area contributed by atoms with Gasteiger partial charge < -0.3 is 9.64 Å². The number of methoxy groups -OCH3 is 1. The number of ether oxygens (including phenoxy) is 1. The van der Waals surface area contributed by atoms with Gasteiger partial charge >= 0.3 is 0 Å². The third-order valence-electron chi connectivity index (χ3n) is 2.97. The molecule has 0 saturated heterocycles. The van der Waals surface area contributed by atoms with Crippen LogP contribution in [-0.4, -0.2) is 25.0 Å². The van der Waals surface area contributed by atoms with Gasteiger partial charge in [0.15, 0.2) is 0 Å². The lowest BCUT2D eigenvalue weighted by atomic mass is 10.1. The van der Waals surface area contributed by atoms with Crippen molar-refractivity contribution in [1.29, 1.82) is 0 Å². The number of halogens is 1. The molecule has 0 heterocycles. The van der Waals surface area contributed by atoms with Crippen LogP contribution in [0.4, 0.5) is 4.39 Å². The van der Waals surface area contributed by atoms with Gasteiger partial charge in [-0.15, -0.1) is 0 Å². The molecule has 0 fully saturated rings. The Labute approximate surface area is 117 Å². The fourth-order valence-electron chi connectivity index (χ4n) is 1.96. The molecule has 0 spiro atoms. The van der Waals surface area contributed by atoms with E-state index >= 15 is 0 Å². The molecule has 104 valence electrons. The van der Waals surface area contributed by atoms with Crippen LogP contribution in [0.5, 0.6) is 5.75 Å². The second-order valence-corrected chi connectivity index (χ2v) is 4.52. The molecule has 0 aromatic heterocycles. The van der Waals surface area contributed by atoms with E-state index in [0.29, 0.717) is 12.1 Å². The predicted octanol–water partition coefficient (Wildman–Crippen LogP) is 3.11. The molecule has 0 saturated carbocycles.